The lowest BCUT2D eigenvalue weighted by molar-refractivity contribution is -0.116. The third-order valence-corrected chi connectivity index (χ3v) is 4.82. The number of Topliss-reactive ketones (excluding diaryl/α,β-unsaturated/α-hetero) is 1. The molecule has 1 rings (SSSR count). The van der Waals surface area contributed by atoms with Gasteiger partial charge in [-0.25, -0.2) is 8.42 Å². The summed E-state index contributed by atoms with van der Waals surface area (Å²) < 4.78 is 28.6. The topological polar surface area (TPSA) is 60.4 Å². The zero-order valence-electron chi connectivity index (χ0n) is 8.52. The SMILES string of the molecule is CC(=O)CCS(=O)(=O)C1CCOC1C. The quantitative estimate of drug-likeness (QED) is 0.694. The molecule has 0 amide bonds. The Labute approximate surface area is 84.6 Å². The molecule has 1 aliphatic rings. The molecule has 0 N–H and O–H groups in total. The lowest BCUT2D eigenvalue weighted by Gasteiger charge is -2.14. The molecule has 5 heteroatoms. The second kappa shape index (κ2) is 4.40. The smallest absolute Gasteiger partial charge is 0.156 e. The van der Waals surface area contributed by atoms with Crippen molar-refractivity contribution in [1.29, 1.82) is 0 Å². The predicted octanol–water partition coefficient (Wildman–Crippen LogP) is 0.558. The average Bonchev–Trinajstić information content (AvgIpc) is 2.48. The summed E-state index contributed by atoms with van der Waals surface area (Å²) in [6, 6.07) is 0. The van der Waals surface area contributed by atoms with Gasteiger partial charge in [0.15, 0.2) is 9.84 Å². The minimum Gasteiger partial charge on any atom is -0.377 e. The molecule has 1 heterocycles. The number of rotatable bonds is 4. The van der Waals surface area contributed by atoms with E-state index in [0.717, 1.165) is 0 Å². The lowest BCUT2D eigenvalue weighted by atomic mass is 10.3. The van der Waals surface area contributed by atoms with Crippen molar-refractivity contribution in [3.8, 4) is 0 Å². The summed E-state index contributed by atoms with van der Waals surface area (Å²) in [6.45, 7) is 3.68. The Bertz CT molecular complexity index is 307. The van der Waals surface area contributed by atoms with E-state index in [9.17, 15) is 13.2 Å². The Kier molecular flexibility index (Phi) is 3.66. The van der Waals surface area contributed by atoms with Gasteiger partial charge in [0.2, 0.25) is 0 Å². The maximum absolute atomic E-state index is 11.7. The van der Waals surface area contributed by atoms with Crippen molar-refractivity contribution in [2.75, 3.05) is 12.4 Å². The van der Waals surface area contributed by atoms with Gasteiger partial charge in [-0.15, -0.1) is 0 Å². The minimum absolute atomic E-state index is 0.0410. The molecule has 0 radical (unpaired) electrons. The van der Waals surface area contributed by atoms with Crippen LogP contribution < -0.4 is 0 Å². The summed E-state index contributed by atoms with van der Waals surface area (Å²) in [5.41, 5.74) is 0. The van der Waals surface area contributed by atoms with Gasteiger partial charge in [0.1, 0.15) is 5.78 Å². The number of sulfone groups is 1. The van der Waals surface area contributed by atoms with E-state index >= 15 is 0 Å². The van der Waals surface area contributed by atoms with Crippen LogP contribution in [0.1, 0.15) is 26.7 Å². The fourth-order valence-corrected chi connectivity index (χ4v) is 3.61. The summed E-state index contributed by atoms with van der Waals surface area (Å²) in [4.78, 5) is 10.7. The maximum Gasteiger partial charge on any atom is 0.156 e. The van der Waals surface area contributed by atoms with Crippen molar-refractivity contribution in [2.45, 2.75) is 38.0 Å². The Morgan fingerprint density at radius 3 is 2.57 bits per heavy atom. The largest absolute Gasteiger partial charge is 0.377 e. The van der Waals surface area contributed by atoms with E-state index in [1.54, 1.807) is 6.92 Å². The Morgan fingerprint density at radius 2 is 2.14 bits per heavy atom. The highest BCUT2D eigenvalue weighted by molar-refractivity contribution is 7.92. The van der Waals surface area contributed by atoms with Gasteiger partial charge < -0.3 is 4.74 Å². The van der Waals surface area contributed by atoms with E-state index < -0.39 is 15.1 Å². The van der Waals surface area contributed by atoms with E-state index in [4.69, 9.17) is 4.74 Å². The molecular weight excluding hydrogens is 204 g/mol. The highest BCUT2D eigenvalue weighted by Crippen LogP contribution is 2.21. The Morgan fingerprint density at radius 1 is 1.50 bits per heavy atom. The summed E-state index contributed by atoms with van der Waals surface area (Å²) >= 11 is 0. The van der Waals surface area contributed by atoms with Crippen LogP contribution in [-0.2, 0) is 19.4 Å². The number of ether oxygens (including phenoxy) is 1. The van der Waals surface area contributed by atoms with Crippen LogP contribution in [0.4, 0.5) is 0 Å². The standard InChI is InChI=1S/C9H16O4S/c1-7(10)4-6-14(11,12)9-3-5-13-8(9)2/h8-9H,3-6H2,1-2H3. The molecule has 0 saturated carbocycles. The molecule has 0 aromatic carbocycles. The van der Waals surface area contributed by atoms with Gasteiger partial charge >= 0.3 is 0 Å². The van der Waals surface area contributed by atoms with Gasteiger partial charge in [0.25, 0.3) is 0 Å². The van der Waals surface area contributed by atoms with E-state index in [1.807, 2.05) is 0 Å². The Hall–Kier alpha value is -0.420. The second-order valence-corrected chi connectivity index (χ2v) is 6.06. The van der Waals surface area contributed by atoms with Crippen molar-refractivity contribution in [3.05, 3.63) is 0 Å². The zero-order chi connectivity index (χ0) is 10.8. The first-order valence-electron chi connectivity index (χ1n) is 4.76. The van der Waals surface area contributed by atoms with E-state index in [2.05, 4.69) is 0 Å². The number of carbonyl (C=O) groups excluding carboxylic acids is 1. The number of hydrogen-bond donors (Lipinski definition) is 0. The highest BCUT2D eigenvalue weighted by atomic mass is 32.2. The number of carbonyl (C=O) groups is 1. The number of ketones is 1. The average molecular weight is 220 g/mol. The van der Waals surface area contributed by atoms with Crippen molar-refractivity contribution >= 4 is 15.6 Å². The monoisotopic (exact) mass is 220 g/mol. The third-order valence-electron chi connectivity index (χ3n) is 2.51. The first kappa shape index (κ1) is 11.7. The molecule has 0 aromatic rings. The molecule has 2 unspecified atom stereocenters. The zero-order valence-corrected chi connectivity index (χ0v) is 9.34. The van der Waals surface area contributed by atoms with Crippen molar-refractivity contribution in [2.24, 2.45) is 0 Å². The summed E-state index contributed by atoms with van der Waals surface area (Å²) in [6.07, 6.45) is 0.444. The van der Waals surface area contributed by atoms with Crippen LogP contribution in [0.2, 0.25) is 0 Å². The first-order chi connectivity index (χ1) is 6.43. The lowest BCUT2D eigenvalue weighted by Crippen LogP contribution is -2.30. The molecule has 1 saturated heterocycles. The van der Waals surface area contributed by atoms with Gasteiger partial charge in [-0.2, -0.15) is 0 Å². The molecule has 0 bridgehead atoms. The third kappa shape index (κ3) is 2.78. The van der Waals surface area contributed by atoms with Gasteiger partial charge in [-0.05, 0) is 20.3 Å². The van der Waals surface area contributed by atoms with Crippen LogP contribution in [0, 0.1) is 0 Å². The summed E-state index contributed by atoms with van der Waals surface area (Å²) in [5, 5.41) is -0.415. The molecule has 1 aliphatic heterocycles. The molecule has 14 heavy (non-hydrogen) atoms. The fraction of sp³-hybridized carbons (Fsp3) is 0.889. The normalized spacial score (nSPS) is 27.9. The van der Waals surface area contributed by atoms with Crippen LogP contribution in [0.15, 0.2) is 0 Å². The summed E-state index contributed by atoms with van der Waals surface area (Å²) in [5.74, 6) is -0.124. The van der Waals surface area contributed by atoms with E-state index in [1.165, 1.54) is 6.92 Å². The van der Waals surface area contributed by atoms with E-state index in [-0.39, 0.29) is 24.1 Å². The summed E-state index contributed by atoms with van der Waals surface area (Å²) in [7, 11) is -3.15. The van der Waals surface area contributed by atoms with Crippen LogP contribution in [0.3, 0.4) is 0 Å². The Balaban J connectivity index is 2.60. The maximum atomic E-state index is 11.7. The molecule has 4 nitrogen and oxygen atoms in total. The van der Waals surface area contributed by atoms with Crippen LogP contribution in [0.25, 0.3) is 0 Å². The number of hydrogen-bond acceptors (Lipinski definition) is 4. The molecule has 0 spiro atoms. The van der Waals surface area contributed by atoms with Gasteiger partial charge in [-0.3, -0.25) is 4.79 Å². The van der Waals surface area contributed by atoms with Gasteiger partial charge in [0.05, 0.1) is 17.1 Å². The molecular formula is C9H16O4S. The van der Waals surface area contributed by atoms with Crippen LogP contribution in [-0.4, -0.2) is 37.9 Å². The molecule has 1 fully saturated rings. The molecule has 0 aliphatic carbocycles. The predicted molar refractivity (Wildman–Crippen MR) is 52.9 cm³/mol. The van der Waals surface area contributed by atoms with Gasteiger partial charge in [-0.1, -0.05) is 0 Å². The fourth-order valence-electron chi connectivity index (χ4n) is 1.62. The van der Waals surface area contributed by atoms with E-state index in [0.29, 0.717) is 13.0 Å². The van der Waals surface area contributed by atoms with Crippen molar-refractivity contribution < 1.29 is 17.9 Å². The van der Waals surface area contributed by atoms with Gasteiger partial charge in [0, 0.05) is 13.0 Å². The van der Waals surface area contributed by atoms with Crippen LogP contribution in [0.5, 0.6) is 0 Å². The van der Waals surface area contributed by atoms with Crippen molar-refractivity contribution in [3.63, 3.8) is 0 Å². The minimum atomic E-state index is -3.15. The molecule has 82 valence electrons. The van der Waals surface area contributed by atoms with Crippen LogP contribution >= 0.6 is 0 Å². The molecule has 0 aromatic heterocycles. The van der Waals surface area contributed by atoms with Crippen molar-refractivity contribution in [1.82, 2.24) is 0 Å². The second-order valence-electron chi connectivity index (χ2n) is 3.72. The first-order valence-corrected chi connectivity index (χ1v) is 6.47. The highest BCUT2D eigenvalue weighted by Gasteiger charge is 2.35. The molecule has 2 atom stereocenters.